The molecule has 1 heterocycles. The second kappa shape index (κ2) is 7.69. The Labute approximate surface area is 165 Å². The highest BCUT2D eigenvalue weighted by atomic mass is 32.2. The van der Waals surface area contributed by atoms with Crippen LogP contribution in [0.4, 0.5) is 5.69 Å². The molecule has 2 N–H and O–H groups in total. The molecule has 1 amide bonds. The van der Waals surface area contributed by atoms with Crippen molar-refractivity contribution < 1.29 is 13.2 Å². The number of benzene rings is 2. The summed E-state index contributed by atoms with van der Waals surface area (Å²) in [4.78, 5) is 16.6. The van der Waals surface area contributed by atoms with E-state index in [1.807, 2.05) is 18.2 Å². The van der Waals surface area contributed by atoms with Crippen LogP contribution in [0.25, 0.3) is 10.9 Å². The van der Waals surface area contributed by atoms with Gasteiger partial charge in [0.2, 0.25) is 15.9 Å². The van der Waals surface area contributed by atoms with Crippen LogP contribution in [0.5, 0.6) is 0 Å². The third-order valence-corrected chi connectivity index (χ3v) is 5.78. The third kappa shape index (κ3) is 4.55. The molecule has 0 aliphatic carbocycles. The monoisotopic (exact) mass is 397 g/mol. The fraction of sp³-hybridized carbons (Fsp3) is 0.238. The number of carbonyl (C=O) groups is 1. The summed E-state index contributed by atoms with van der Waals surface area (Å²) in [6, 6.07) is 15.8. The molecule has 0 unspecified atom stereocenters. The normalized spacial score (nSPS) is 12.1. The smallest absolute Gasteiger partial charge is 0.241 e. The van der Waals surface area contributed by atoms with Crippen LogP contribution in [0.2, 0.25) is 0 Å². The molecule has 7 heteroatoms. The molecule has 3 aromatic rings. The lowest BCUT2D eigenvalue weighted by molar-refractivity contribution is -0.115. The Hall–Kier alpha value is -2.77. The Bertz CT molecular complexity index is 1100. The second-order valence-electron chi connectivity index (χ2n) is 7.53. The largest absolute Gasteiger partial charge is 0.323 e. The van der Waals surface area contributed by atoms with Crippen LogP contribution in [-0.2, 0) is 20.2 Å². The maximum atomic E-state index is 12.5. The van der Waals surface area contributed by atoms with Gasteiger partial charge < -0.3 is 5.32 Å². The lowest BCUT2D eigenvalue weighted by Gasteiger charge is -2.19. The zero-order valence-electron chi connectivity index (χ0n) is 16.1. The molecule has 0 bridgehead atoms. The zero-order chi connectivity index (χ0) is 20.4. The van der Waals surface area contributed by atoms with Crippen LogP contribution >= 0.6 is 0 Å². The summed E-state index contributed by atoms with van der Waals surface area (Å²) in [6.45, 7) is 5.80. The number of aromatic nitrogens is 1. The van der Waals surface area contributed by atoms with Crippen molar-refractivity contribution in [2.24, 2.45) is 0 Å². The summed E-state index contributed by atoms with van der Waals surface area (Å²) >= 11 is 0. The summed E-state index contributed by atoms with van der Waals surface area (Å²) < 4.78 is 27.3. The molecule has 2 aromatic carbocycles. The highest BCUT2D eigenvalue weighted by Gasteiger charge is 2.18. The van der Waals surface area contributed by atoms with E-state index in [0.29, 0.717) is 11.2 Å². The minimum absolute atomic E-state index is 0.0674. The third-order valence-electron chi connectivity index (χ3n) is 4.36. The molecule has 28 heavy (non-hydrogen) atoms. The molecule has 0 saturated carbocycles. The summed E-state index contributed by atoms with van der Waals surface area (Å²) in [5.41, 5.74) is 2.16. The molecule has 0 aliphatic heterocycles. The predicted molar refractivity (Wildman–Crippen MR) is 111 cm³/mol. The van der Waals surface area contributed by atoms with Crippen molar-refractivity contribution in [1.82, 2.24) is 9.71 Å². The van der Waals surface area contributed by atoms with Crippen LogP contribution in [0.1, 0.15) is 26.3 Å². The predicted octanol–water partition coefficient (Wildman–Crippen LogP) is 3.45. The van der Waals surface area contributed by atoms with Gasteiger partial charge in [0.1, 0.15) is 0 Å². The molecule has 146 valence electrons. The lowest BCUT2D eigenvalue weighted by atomic mass is 9.87. The van der Waals surface area contributed by atoms with Crippen LogP contribution in [0.15, 0.2) is 65.7 Å². The number of anilines is 1. The number of nitrogens with zero attached hydrogens (tertiary/aromatic N) is 1. The highest BCUT2D eigenvalue weighted by molar-refractivity contribution is 7.89. The molecule has 3 rings (SSSR count). The quantitative estimate of drug-likeness (QED) is 0.690. The topological polar surface area (TPSA) is 88.2 Å². The fourth-order valence-electron chi connectivity index (χ4n) is 2.78. The van der Waals surface area contributed by atoms with Gasteiger partial charge in [-0.25, -0.2) is 13.1 Å². The molecule has 0 spiro atoms. The summed E-state index contributed by atoms with van der Waals surface area (Å²) in [7, 11) is -3.78. The average molecular weight is 398 g/mol. The van der Waals surface area contributed by atoms with Gasteiger partial charge in [0, 0.05) is 11.6 Å². The van der Waals surface area contributed by atoms with E-state index < -0.39 is 15.9 Å². The van der Waals surface area contributed by atoms with Gasteiger partial charge in [-0.2, -0.15) is 0 Å². The van der Waals surface area contributed by atoms with E-state index in [0.717, 1.165) is 10.9 Å². The lowest BCUT2D eigenvalue weighted by Crippen LogP contribution is -2.33. The van der Waals surface area contributed by atoms with Crippen molar-refractivity contribution in [2.45, 2.75) is 31.1 Å². The van der Waals surface area contributed by atoms with Gasteiger partial charge in [-0.1, -0.05) is 51.1 Å². The first-order valence-electron chi connectivity index (χ1n) is 8.91. The van der Waals surface area contributed by atoms with Gasteiger partial charge in [-0.15, -0.1) is 0 Å². The minimum Gasteiger partial charge on any atom is -0.323 e. The number of sulfonamides is 1. The molecule has 1 aromatic heterocycles. The zero-order valence-corrected chi connectivity index (χ0v) is 16.9. The summed E-state index contributed by atoms with van der Waals surface area (Å²) in [5.74, 6) is -0.465. The molecule has 0 aliphatic rings. The van der Waals surface area contributed by atoms with Gasteiger partial charge in [-0.05, 0) is 35.2 Å². The SMILES string of the molecule is CC(C)(C)c1ccc(S(=O)(=O)NCC(=O)Nc2cccc3cccnc23)cc1. The Morgan fingerprint density at radius 3 is 2.36 bits per heavy atom. The summed E-state index contributed by atoms with van der Waals surface area (Å²) in [6.07, 6.45) is 1.64. The summed E-state index contributed by atoms with van der Waals surface area (Å²) in [5, 5.41) is 3.60. The van der Waals surface area contributed by atoms with Crippen molar-refractivity contribution in [3.05, 3.63) is 66.4 Å². The van der Waals surface area contributed by atoms with Crippen LogP contribution < -0.4 is 10.0 Å². The molecule has 0 saturated heterocycles. The minimum atomic E-state index is -3.78. The van der Waals surface area contributed by atoms with E-state index in [1.54, 1.807) is 42.6 Å². The van der Waals surface area contributed by atoms with E-state index in [9.17, 15) is 13.2 Å². The van der Waals surface area contributed by atoms with Crippen molar-refractivity contribution >= 4 is 32.5 Å². The van der Waals surface area contributed by atoms with Crippen LogP contribution in [0, 0.1) is 0 Å². The number of amides is 1. The Morgan fingerprint density at radius 1 is 1.00 bits per heavy atom. The Balaban J connectivity index is 1.68. The van der Waals surface area contributed by atoms with E-state index in [2.05, 4.69) is 35.8 Å². The number of nitrogens with one attached hydrogen (secondary N) is 2. The number of hydrogen-bond donors (Lipinski definition) is 2. The van der Waals surface area contributed by atoms with E-state index in [1.165, 1.54) is 0 Å². The number of pyridine rings is 1. The van der Waals surface area contributed by atoms with Crippen LogP contribution in [-0.4, -0.2) is 25.9 Å². The Kier molecular flexibility index (Phi) is 5.49. The molecule has 0 atom stereocenters. The number of rotatable bonds is 5. The van der Waals surface area contributed by atoms with E-state index in [-0.39, 0.29) is 16.9 Å². The van der Waals surface area contributed by atoms with Gasteiger partial charge >= 0.3 is 0 Å². The maximum absolute atomic E-state index is 12.5. The maximum Gasteiger partial charge on any atom is 0.241 e. The van der Waals surface area contributed by atoms with Crippen LogP contribution in [0.3, 0.4) is 0 Å². The molecule has 0 fully saturated rings. The first-order valence-corrected chi connectivity index (χ1v) is 10.4. The van der Waals surface area contributed by atoms with Crippen molar-refractivity contribution in [1.29, 1.82) is 0 Å². The molecule has 6 nitrogen and oxygen atoms in total. The van der Waals surface area contributed by atoms with Gasteiger partial charge in [0.15, 0.2) is 0 Å². The van der Waals surface area contributed by atoms with Crippen molar-refractivity contribution in [2.75, 3.05) is 11.9 Å². The van der Waals surface area contributed by atoms with Gasteiger partial charge in [-0.3, -0.25) is 9.78 Å². The molecule has 0 radical (unpaired) electrons. The molecular weight excluding hydrogens is 374 g/mol. The highest BCUT2D eigenvalue weighted by Crippen LogP contribution is 2.23. The first kappa shape index (κ1) is 20.0. The van der Waals surface area contributed by atoms with E-state index >= 15 is 0 Å². The van der Waals surface area contributed by atoms with Crippen molar-refractivity contribution in [3.63, 3.8) is 0 Å². The van der Waals surface area contributed by atoms with Gasteiger partial charge in [0.25, 0.3) is 0 Å². The second-order valence-corrected chi connectivity index (χ2v) is 9.29. The molecular formula is C21H23N3O3S. The number of carbonyl (C=O) groups excluding carboxylic acids is 1. The van der Waals surface area contributed by atoms with E-state index in [4.69, 9.17) is 0 Å². The fourth-order valence-corrected chi connectivity index (χ4v) is 3.76. The Morgan fingerprint density at radius 2 is 1.68 bits per heavy atom. The number of fused-ring (bicyclic) bond motifs is 1. The average Bonchev–Trinajstić information content (AvgIpc) is 2.66. The standard InChI is InChI=1S/C21H23N3O3S/c1-21(2,3)16-9-11-17(12-10-16)28(26,27)23-14-19(25)24-18-8-4-6-15-7-5-13-22-20(15)18/h4-13,23H,14H2,1-3H3,(H,24,25). The number of para-hydroxylation sites is 1. The first-order chi connectivity index (χ1) is 13.2. The van der Waals surface area contributed by atoms with Crippen molar-refractivity contribution in [3.8, 4) is 0 Å². The van der Waals surface area contributed by atoms with Gasteiger partial charge in [0.05, 0.1) is 22.6 Å². The number of hydrogen-bond acceptors (Lipinski definition) is 4.